The standard InChI is InChI=1S/C16H17BrN2O/c1-11-7-8-14(17)13(9-11)16(20)19(2)10-12-5-3-4-6-15(12)18/h3-9H,10,18H2,1-2H3. The van der Waals surface area contributed by atoms with Gasteiger partial charge in [0.1, 0.15) is 0 Å². The van der Waals surface area contributed by atoms with Gasteiger partial charge in [-0.2, -0.15) is 0 Å². The Bertz CT molecular complexity index is 640. The van der Waals surface area contributed by atoms with Crippen LogP contribution in [0.25, 0.3) is 0 Å². The normalized spacial score (nSPS) is 10.3. The van der Waals surface area contributed by atoms with Crippen LogP contribution in [-0.2, 0) is 6.54 Å². The van der Waals surface area contributed by atoms with Crippen molar-refractivity contribution in [1.29, 1.82) is 0 Å². The second-order valence-electron chi connectivity index (χ2n) is 4.84. The smallest absolute Gasteiger partial charge is 0.255 e. The van der Waals surface area contributed by atoms with Gasteiger partial charge < -0.3 is 10.6 Å². The molecule has 0 aromatic heterocycles. The molecule has 0 saturated carbocycles. The summed E-state index contributed by atoms with van der Waals surface area (Å²) in [4.78, 5) is 14.2. The molecule has 0 heterocycles. The summed E-state index contributed by atoms with van der Waals surface area (Å²) in [5.74, 6) is -0.0242. The maximum atomic E-state index is 12.5. The van der Waals surface area contributed by atoms with Crippen LogP contribution in [0.1, 0.15) is 21.5 Å². The minimum absolute atomic E-state index is 0.0242. The number of aryl methyl sites for hydroxylation is 1. The van der Waals surface area contributed by atoms with Crippen molar-refractivity contribution in [3.8, 4) is 0 Å². The molecule has 20 heavy (non-hydrogen) atoms. The fraction of sp³-hybridized carbons (Fsp3) is 0.188. The van der Waals surface area contributed by atoms with Gasteiger partial charge >= 0.3 is 0 Å². The average molecular weight is 333 g/mol. The zero-order valence-corrected chi connectivity index (χ0v) is 13.1. The summed E-state index contributed by atoms with van der Waals surface area (Å²) in [6, 6.07) is 13.3. The lowest BCUT2D eigenvalue weighted by atomic mass is 10.1. The van der Waals surface area contributed by atoms with Crippen LogP contribution in [0.5, 0.6) is 0 Å². The van der Waals surface area contributed by atoms with Gasteiger partial charge in [0, 0.05) is 23.8 Å². The zero-order chi connectivity index (χ0) is 14.7. The van der Waals surface area contributed by atoms with Crippen molar-refractivity contribution >= 4 is 27.5 Å². The number of carbonyl (C=O) groups is 1. The summed E-state index contributed by atoms with van der Waals surface area (Å²) < 4.78 is 0.806. The minimum Gasteiger partial charge on any atom is -0.398 e. The summed E-state index contributed by atoms with van der Waals surface area (Å²) in [5.41, 5.74) is 9.30. The van der Waals surface area contributed by atoms with E-state index in [1.807, 2.05) is 49.4 Å². The van der Waals surface area contributed by atoms with Crippen molar-refractivity contribution in [1.82, 2.24) is 4.90 Å². The highest BCUT2D eigenvalue weighted by molar-refractivity contribution is 9.10. The van der Waals surface area contributed by atoms with Crippen molar-refractivity contribution in [2.24, 2.45) is 0 Å². The van der Waals surface area contributed by atoms with Crippen molar-refractivity contribution in [3.63, 3.8) is 0 Å². The molecule has 2 aromatic carbocycles. The Morgan fingerprint density at radius 1 is 1.25 bits per heavy atom. The van der Waals surface area contributed by atoms with Crippen LogP contribution in [0.2, 0.25) is 0 Å². The first-order valence-corrected chi connectivity index (χ1v) is 7.13. The van der Waals surface area contributed by atoms with E-state index in [1.54, 1.807) is 11.9 Å². The number of benzene rings is 2. The molecule has 0 atom stereocenters. The minimum atomic E-state index is -0.0242. The predicted molar refractivity (Wildman–Crippen MR) is 85.5 cm³/mol. The fourth-order valence-corrected chi connectivity index (χ4v) is 2.43. The second-order valence-corrected chi connectivity index (χ2v) is 5.70. The van der Waals surface area contributed by atoms with Crippen LogP contribution in [0, 0.1) is 6.92 Å². The molecule has 0 fully saturated rings. The lowest BCUT2D eigenvalue weighted by Gasteiger charge is -2.19. The van der Waals surface area contributed by atoms with Crippen LogP contribution >= 0.6 is 15.9 Å². The number of halogens is 1. The lowest BCUT2D eigenvalue weighted by molar-refractivity contribution is 0.0784. The first-order valence-electron chi connectivity index (χ1n) is 6.34. The fourth-order valence-electron chi connectivity index (χ4n) is 2.01. The van der Waals surface area contributed by atoms with E-state index in [4.69, 9.17) is 5.73 Å². The van der Waals surface area contributed by atoms with E-state index in [2.05, 4.69) is 15.9 Å². The van der Waals surface area contributed by atoms with Gasteiger partial charge in [-0.1, -0.05) is 29.8 Å². The van der Waals surface area contributed by atoms with Crippen molar-refractivity contribution in [2.45, 2.75) is 13.5 Å². The number of nitrogen functional groups attached to an aromatic ring is 1. The number of nitrogens with two attached hydrogens (primary N) is 1. The highest BCUT2D eigenvalue weighted by Gasteiger charge is 2.16. The van der Waals surface area contributed by atoms with E-state index in [0.29, 0.717) is 17.8 Å². The highest BCUT2D eigenvalue weighted by Crippen LogP contribution is 2.21. The van der Waals surface area contributed by atoms with Gasteiger partial charge in [-0.15, -0.1) is 0 Å². The summed E-state index contributed by atoms with van der Waals surface area (Å²) in [5, 5.41) is 0. The van der Waals surface area contributed by atoms with Crippen LogP contribution < -0.4 is 5.73 Å². The van der Waals surface area contributed by atoms with Gasteiger partial charge in [0.2, 0.25) is 0 Å². The molecule has 2 rings (SSSR count). The Kier molecular flexibility index (Phi) is 4.45. The van der Waals surface area contributed by atoms with Crippen LogP contribution in [0.15, 0.2) is 46.9 Å². The molecule has 0 unspecified atom stereocenters. The highest BCUT2D eigenvalue weighted by atomic mass is 79.9. The number of amides is 1. The van der Waals surface area contributed by atoms with Crippen LogP contribution in [0.4, 0.5) is 5.69 Å². The van der Waals surface area contributed by atoms with E-state index >= 15 is 0 Å². The first-order chi connectivity index (χ1) is 9.49. The zero-order valence-electron chi connectivity index (χ0n) is 11.6. The number of para-hydroxylation sites is 1. The number of nitrogens with zero attached hydrogens (tertiary/aromatic N) is 1. The molecule has 2 aromatic rings. The van der Waals surface area contributed by atoms with E-state index in [9.17, 15) is 4.79 Å². The second kappa shape index (κ2) is 6.09. The van der Waals surface area contributed by atoms with Crippen LogP contribution in [0.3, 0.4) is 0 Å². The summed E-state index contributed by atoms with van der Waals surface area (Å²) >= 11 is 3.43. The lowest BCUT2D eigenvalue weighted by Crippen LogP contribution is -2.27. The Balaban J connectivity index is 2.21. The van der Waals surface area contributed by atoms with Gasteiger partial charge in [-0.25, -0.2) is 0 Å². The molecule has 0 spiro atoms. The van der Waals surface area contributed by atoms with E-state index in [1.165, 1.54) is 0 Å². The quantitative estimate of drug-likeness (QED) is 0.872. The molecule has 2 N–H and O–H groups in total. The predicted octanol–water partition coefficient (Wildman–Crippen LogP) is 3.61. The topological polar surface area (TPSA) is 46.3 Å². The molecule has 0 aliphatic heterocycles. The molecule has 0 bridgehead atoms. The third-order valence-electron chi connectivity index (χ3n) is 3.16. The maximum absolute atomic E-state index is 12.5. The van der Waals surface area contributed by atoms with Gasteiger partial charge in [0.15, 0.2) is 0 Å². The summed E-state index contributed by atoms with van der Waals surface area (Å²) in [6.07, 6.45) is 0. The molecular formula is C16H17BrN2O. The number of hydrogen-bond acceptors (Lipinski definition) is 2. The van der Waals surface area contributed by atoms with Crippen molar-refractivity contribution in [2.75, 3.05) is 12.8 Å². The number of carbonyl (C=O) groups excluding carboxylic acids is 1. The SMILES string of the molecule is Cc1ccc(Br)c(C(=O)N(C)Cc2ccccc2N)c1. The molecule has 0 saturated heterocycles. The van der Waals surface area contributed by atoms with Gasteiger partial charge in [0.05, 0.1) is 5.56 Å². The van der Waals surface area contributed by atoms with E-state index in [0.717, 1.165) is 15.6 Å². The maximum Gasteiger partial charge on any atom is 0.255 e. The molecule has 0 aliphatic carbocycles. The molecule has 0 aliphatic rings. The van der Waals surface area contributed by atoms with Gasteiger partial charge in [-0.3, -0.25) is 4.79 Å². The molecule has 0 radical (unpaired) electrons. The summed E-state index contributed by atoms with van der Waals surface area (Å²) in [6.45, 7) is 2.46. The van der Waals surface area contributed by atoms with Crippen molar-refractivity contribution in [3.05, 3.63) is 63.6 Å². The van der Waals surface area contributed by atoms with E-state index < -0.39 is 0 Å². The van der Waals surface area contributed by atoms with E-state index in [-0.39, 0.29) is 5.91 Å². The Hall–Kier alpha value is -1.81. The van der Waals surface area contributed by atoms with Gasteiger partial charge in [0.25, 0.3) is 5.91 Å². The molecule has 1 amide bonds. The molecule has 4 heteroatoms. The Morgan fingerprint density at radius 2 is 1.95 bits per heavy atom. The molecule has 3 nitrogen and oxygen atoms in total. The molecular weight excluding hydrogens is 316 g/mol. The third-order valence-corrected chi connectivity index (χ3v) is 3.85. The third kappa shape index (κ3) is 3.20. The number of hydrogen-bond donors (Lipinski definition) is 1. The van der Waals surface area contributed by atoms with Gasteiger partial charge in [-0.05, 0) is 46.6 Å². The number of rotatable bonds is 3. The first kappa shape index (κ1) is 14.6. The van der Waals surface area contributed by atoms with Crippen LogP contribution in [-0.4, -0.2) is 17.9 Å². The Labute approximate surface area is 127 Å². The average Bonchev–Trinajstić information content (AvgIpc) is 2.43. The monoisotopic (exact) mass is 332 g/mol. The Morgan fingerprint density at radius 3 is 2.65 bits per heavy atom. The number of anilines is 1. The largest absolute Gasteiger partial charge is 0.398 e. The summed E-state index contributed by atoms with van der Waals surface area (Å²) in [7, 11) is 1.78. The molecule has 104 valence electrons. The van der Waals surface area contributed by atoms with Crippen molar-refractivity contribution < 1.29 is 4.79 Å².